The second-order valence-corrected chi connectivity index (χ2v) is 13.9. The van der Waals surface area contributed by atoms with Crippen LogP contribution in [0.5, 0.6) is 0 Å². The standard InChI is InChI=1S/C38H60N2O10S/c1-3-5-7-9-11-13-15-17-35(44)49-27-31(50-36(45)18-16-14-12-10-8-6-4-2)28-51-26-25-33(41)39-30-21-19-29(20-22-30)37(46)40-32(38(47)48)23-24-34(42)43/h19-22,31-32H,3-18,23-28H2,1-2H3,(H,39,41)(H,40,46)(H,42,43)(H,47,48)/t31?,32-/m0/s1. The van der Waals surface area contributed by atoms with E-state index in [1.807, 2.05) is 0 Å². The molecule has 0 bridgehead atoms. The zero-order valence-electron chi connectivity index (χ0n) is 30.6. The zero-order valence-corrected chi connectivity index (χ0v) is 31.4. The third-order valence-corrected chi connectivity index (χ3v) is 9.26. The lowest BCUT2D eigenvalue weighted by atomic mass is 10.1. The Balaban J connectivity index is 2.54. The van der Waals surface area contributed by atoms with Crippen molar-refractivity contribution in [1.29, 1.82) is 0 Å². The van der Waals surface area contributed by atoms with Crippen LogP contribution in [-0.2, 0) is 33.4 Å². The van der Waals surface area contributed by atoms with Crippen molar-refractivity contribution in [3.8, 4) is 0 Å². The third kappa shape index (κ3) is 24.3. The molecule has 0 aromatic heterocycles. The van der Waals surface area contributed by atoms with Crippen LogP contribution in [0.15, 0.2) is 24.3 Å². The summed E-state index contributed by atoms with van der Waals surface area (Å²) in [6.45, 7) is 4.33. The van der Waals surface area contributed by atoms with Crippen LogP contribution < -0.4 is 10.6 Å². The van der Waals surface area contributed by atoms with Gasteiger partial charge in [-0.3, -0.25) is 24.0 Å². The summed E-state index contributed by atoms with van der Waals surface area (Å²) in [5, 5.41) is 23.1. The van der Waals surface area contributed by atoms with Gasteiger partial charge < -0.3 is 30.3 Å². The van der Waals surface area contributed by atoms with Gasteiger partial charge in [-0.25, -0.2) is 4.79 Å². The van der Waals surface area contributed by atoms with Crippen molar-refractivity contribution >= 4 is 53.1 Å². The summed E-state index contributed by atoms with van der Waals surface area (Å²) in [6.07, 6.45) is 14.8. The molecule has 51 heavy (non-hydrogen) atoms. The summed E-state index contributed by atoms with van der Waals surface area (Å²) in [7, 11) is 0. The van der Waals surface area contributed by atoms with Crippen molar-refractivity contribution < 1.29 is 48.5 Å². The summed E-state index contributed by atoms with van der Waals surface area (Å²) < 4.78 is 11.2. The van der Waals surface area contributed by atoms with Crippen molar-refractivity contribution in [3.05, 3.63) is 29.8 Å². The molecule has 0 fully saturated rings. The van der Waals surface area contributed by atoms with Crippen LogP contribution in [-0.4, -0.2) is 76.2 Å². The number of thioether (sulfide) groups is 1. The van der Waals surface area contributed by atoms with Crippen LogP contribution in [0.4, 0.5) is 5.69 Å². The molecule has 0 saturated carbocycles. The highest BCUT2D eigenvalue weighted by Crippen LogP contribution is 2.15. The van der Waals surface area contributed by atoms with Crippen LogP contribution in [0.25, 0.3) is 0 Å². The molecular formula is C38H60N2O10S. The molecule has 2 atom stereocenters. The van der Waals surface area contributed by atoms with Gasteiger partial charge in [0.15, 0.2) is 0 Å². The van der Waals surface area contributed by atoms with E-state index in [0.29, 0.717) is 30.0 Å². The summed E-state index contributed by atoms with van der Waals surface area (Å²) in [6, 6.07) is 4.52. The van der Waals surface area contributed by atoms with E-state index < -0.39 is 36.4 Å². The molecule has 0 heterocycles. The molecule has 1 rings (SSSR count). The maximum Gasteiger partial charge on any atom is 0.326 e. The Morgan fingerprint density at radius 1 is 0.706 bits per heavy atom. The third-order valence-electron chi connectivity index (χ3n) is 8.16. The Hall–Kier alpha value is -3.61. The number of carboxylic acid groups (broad SMARTS) is 2. The minimum Gasteiger partial charge on any atom is -0.481 e. The fourth-order valence-electron chi connectivity index (χ4n) is 5.15. The van der Waals surface area contributed by atoms with Gasteiger partial charge in [-0.15, -0.1) is 0 Å². The van der Waals surface area contributed by atoms with Crippen LogP contribution in [0.1, 0.15) is 146 Å². The number of benzene rings is 1. The number of unbranched alkanes of at least 4 members (excludes halogenated alkanes) is 12. The van der Waals surface area contributed by atoms with Crippen LogP contribution in [0.2, 0.25) is 0 Å². The van der Waals surface area contributed by atoms with E-state index in [9.17, 15) is 33.9 Å². The average Bonchev–Trinajstić information content (AvgIpc) is 3.09. The quantitative estimate of drug-likeness (QED) is 0.0436. The van der Waals surface area contributed by atoms with E-state index in [4.69, 9.17) is 14.6 Å². The molecule has 288 valence electrons. The SMILES string of the molecule is CCCCCCCCCC(=O)OCC(CSCCC(=O)Nc1ccc(C(=O)N[C@@H](CCC(=O)O)C(=O)O)cc1)OC(=O)CCCCCCCCC. The number of carbonyl (C=O) groups excluding carboxylic acids is 4. The second-order valence-electron chi connectivity index (χ2n) is 12.8. The minimum absolute atomic E-state index is 0.0238. The first-order chi connectivity index (χ1) is 24.5. The number of ether oxygens (including phenoxy) is 2. The number of hydrogen-bond acceptors (Lipinski definition) is 9. The lowest BCUT2D eigenvalue weighted by molar-refractivity contribution is -0.157. The molecule has 0 aliphatic carbocycles. The van der Waals surface area contributed by atoms with Gasteiger partial charge in [0.05, 0.1) is 0 Å². The summed E-state index contributed by atoms with van der Waals surface area (Å²) in [4.78, 5) is 72.1. The van der Waals surface area contributed by atoms with Crippen molar-refractivity contribution in [2.45, 2.75) is 148 Å². The van der Waals surface area contributed by atoms with Crippen molar-refractivity contribution in [1.82, 2.24) is 5.32 Å². The van der Waals surface area contributed by atoms with Gasteiger partial charge in [0, 0.05) is 48.4 Å². The number of amides is 2. The number of carbonyl (C=O) groups is 6. The number of aliphatic carboxylic acids is 2. The van der Waals surface area contributed by atoms with Crippen molar-refractivity contribution in [3.63, 3.8) is 0 Å². The first-order valence-electron chi connectivity index (χ1n) is 18.6. The van der Waals surface area contributed by atoms with E-state index in [1.165, 1.54) is 87.4 Å². The molecule has 0 saturated heterocycles. The molecule has 12 nitrogen and oxygen atoms in total. The molecule has 1 aromatic carbocycles. The summed E-state index contributed by atoms with van der Waals surface area (Å²) in [5.41, 5.74) is 0.591. The van der Waals surface area contributed by atoms with E-state index in [2.05, 4.69) is 24.5 Å². The van der Waals surface area contributed by atoms with Crippen LogP contribution in [0, 0.1) is 0 Å². The summed E-state index contributed by atoms with van der Waals surface area (Å²) >= 11 is 1.42. The lowest BCUT2D eigenvalue weighted by Crippen LogP contribution is -2.41. The first kappa shape index (κ1) is 45.4. The maximum absolute atomic E-state index is 12.6. The largest absolute Gasteiger partial charge is 0.481 e. The van der Waals surface area contributed by atoms with Gasteiger partial charge in [0.2, 0.25) is 5.91 Å². The predicted molar refractivity (Wildman–Crippen MR) is 199 cm³/mol. The van der Waals surface area contributed by atoms with Crippen molar-refractivity contribution in [2.75, 3.05) is 23.4 Å². The Labute approximate surface area is 307 Å². The topological polar surface area (TPSA) is 185 Å². The Kier molecular flexibility index (Phi) is 25.8. The highest BCUT2D eigenvalue weighted by Gasteiger charge is 2.22. The molecule has 0 aliphatic heterocycles. The fourth-order valence-corrected chi connectivity index (χ4v) is 6.07. The molecule has 0 radical (unpaired) electrons. The molecule has 1 unspecified atom stereocenters. The van der Waals surface area contributed by atoms with E-state index in [0.717, 1.165) is 38.5 Å². The average molecular weight is 737 g/mol. The maximum atomic E-state index is 12.6. The van der Waals surface area contributed by atoms with E-state index in [-0.39, 0.29) is 42.9 Å². The number of rotatable bonds is 31. The molecule has 4 N–H and O–H groups in total. The zero-order chi connectivity index (χ0) is 37.7. The van der Waals surface area contributed by atoms with Gasteiger partial charge in [-0.2, -0.15) is 11.8 Å². The highest BCUT2D eigenvalue weighted by molar-refractivity contribution is 7.99. The molecule has 1 aromatic rings. The Morgan fingerprint density at radius 2 is 1.25 bits per heavy atom. The molecular weight excluding hydrogens is 676 g/mol. The van der Waals surface area contributed by atoms with Gasteiger partial charge in [0.1, 0.15) is 18.8 Å². The minimum atomic E-state index is -1.35. The second kappa shape index (κ2) is 29.0. The monoisotopic (exact) mass is 736 g/mol. The smallest absolute Gasteiger partial charge is 0.326 e. The first-order valence-corrected chi connectivity index (χ1v) is 19.8. The Morgan fingerprint density at radius 3 is 1.80 bits per heavy atom. The molecule has 0 aliphatic rings. The van der Waals surface area contributed by atoms with Crippen molar-refractivity contribution in [2.24, 2.45) is 0 Å². The van der Waals surface area contributed by atoms with E-state index >= 15 is 0 Å². The van der Waals surface area contributed by atoms with Crippen LogP contribution >= 0.6 is 11.8 Å². The van der Waals surface area contributed by atoms with E-state index in [1.54, 1.807) is 0 Å². The fraction of sp³-hybridized carbons (Fsp3) is 0.684. The number of anilines is 1. The van der Waals surface area contributed by atoms with Gasteiger partial charge in [-0.1, -0.05) is 90.9 Å². The van der Waals surface area contributed by atoms with Crippen LogP contribution in [0.3, 0.4) is 0 Å². The van der Waals surface area contributed by atoms with Gasteiger partial charge in [0.25, 0.3) is 5.91 Å². The number of esters is 2. The number of nitrogens with one attached hydrogen (secondary N) is 2. The number of hydrogen-bond donors (Lipinski definition) is 4. The summed E-state index contributed by atoms with van der Waals surface area (Å²) in [5.74, 6) is -3.27. The van der Waals surface area contributed by atoms with Gasteiger partial charge in [-0.05, 0) is 43.5 Å². The Bertz CT molecular complexity index is 1180. The molecule has 13 heteroatoms. The predicted octanol–water partition coefficient (Wildman–Crippen LogP) is 7.53. The highest BCUT2D eigenvalue weighted by atomic mass is 32.2. The lowest BCUT2D eigenvalue weighted by Gasteiger charge is -2.18. The molecule has 2 amide bonds. The number of carboxylic acids is 2. The normalized spacial score (nSPS) is 12.0. The molecule has 0 spiro atoms. The van der Waals surface area contributed by atoms with Gasteiger partial charge >= 0.3 is 23.9 Å².